The smallest absolute Gasteiger partial charge is 0.243 e. The monoisotopic (exact) mass is 598 g/mol. The molecule has 0 aliphatic rings. The van der Waals surface area contributed by atoms with Crippen molar-refractivity contribution < 1.29 is 22.6 Å². The van der Waals surface area contributed by atoms with Gasteiger partial charge in [0, 0.05) is 29.9 Å². The quantitative estimate of drug-likeness (QED) is 0.240. The fraction of sp³-hybridized carbons (Fsp3) is 0.269. The Kier molecular flexibility index (Phi) is 7.80. The fourth-order valence-electron chi connectivity index (χ4n) is 4.36. The molecule has 0 aliphatic carbocycles. The van der Waals surface area contributed by atoms with Crippen molar-refractivity contribution in [3.8, 4) is 28.7 Å². The Bertz CT molecular complexity index is 1780. The van der Waals surface area contributed by atoms with Crippen LogP contribution in [0.5, 0.6) is 11.5 Å². The molecule has 5 rings (SSSR count). The lowest BCUT2D eigenvalue weighted by Crippen LogP contribution is -2.33. The number of anilines is 1. The molecule has 2 atom stereocenters. The highest BCUT2D eigenvalue weighted by molar-refractivity contribution is 7.93. The van der Waals surface area contributed by atoms with Crippen LogP contribution in [0.4, 0.5) is 5.95 Å². The molecule has 214 valence electrons. The van der Waals surface area contributed by atoms with E-state index in [1.807, 2.05) is 6.92 Å². The first-order chi connectivity index (χ1) is 19.7. The number of aromatic amines is 1. The van der Waals surface area contributed by atoms with Crippen LogP contribution in [-0.4, -0.2) is 69.9 Å². The number of nitrogens with one attached hydrogen (secondary N) is 2. The maximum Gasteiger partial charge on any atom is 0.243 e. The average Bonchev–Trinajstić information content (AvgIpc) is 3.56. The highest BCUT2D eigenvalue weighted by Gasteiger charge is 2.35. The van der Waals surface area contributed by atoms with E-state index in [2.05, 4.69) is 35.1 Å². The highest BCUT2D eigenvalue weighted by Crippen LogP contribution is 2.39. The normalized spacial score (nSPS) is 13.2. The van der Waals surface area contributed by atoms with Gasteiger partial charge in [-0.1, -0.05) is 17.7 Å². The Morgan fingerprint density at radius 3 is 2.34 bits per heavy atom. The first-order valence-corrected chi connectivity index (χ1v) is 14.2. The van der Waals surface area contributed by atoms with Crippen molar-refractivity contribution in [1.29, 1.82) is 0 Å². The Hall–Kier alpha value is -4.27. The van der Waals surface area contributed by atoms with Crippen LogP contribution in [0.2, 0.25) is 5.02 Å². The Morgan fingerprint density at radius 1 is 1.02 bits per heavy atom. The van der Waals surface area contributed by atoms with E-state index < -0.39 is 21.4 Å². The Labute approximate surface area is 240 Å². The van der Waals surface area contributed by atoms with Gasteiger partial charge in [-0.3, -0.25) is 14.4 Å². The highest BCUT2D eigenvalue weighted by atomic mass is 35.5. The molecular weight excluding hydrogens is 572 g/mol. The molecule has 0 saturated carbocycles. The summed E-state index contributed by atoms with van der Waals surface area (Å²) in [4.78, 5) is 8.52. The van der Waals surface area contributed by atoms with Gasteiger partial charge in [0.1, 0.15) is 34.2 Å². The summed E-state index contributed by atoms with van der Waals surface area (Å²) in [5, 5.41) is 15.9. The predicted molar refractivity (Wildman–Crippen MR) is 153 cm³/mol. The Balaban J connectivity index is 1.67. The van der Waals surface area contributed by atoms with Crippen molar-refractivity contribution in [3.05, 3.63) is 65.2 Å². The van der Waals surface area contributed by atoms with E-state index in [1.165, 1.54) is 32.8 Å². The minimum Gasteiger partial charge on any atom is -0.494 e. The number of ether oxygens (including phenoxy) is 3. The number of hydrogen-bond acceptors (Lipinski definition) is 10. The number of para-hydroxylation sites is 1. The lowest BCUT2D eigenvalue weighted by atomic mass is 10.2. The van der Waals surface area contributed by atoms with Crippen molar-refractivity contribution in [2.24, 2.45) is 0 Å². The third kappa shape index (κ3) is 5.28. The molecule has 0 bridgehead atoms. The van der Waals surface area contributed by atoms with E-state index in [0.717, 1.165) is 5.56 Å². The third-order valence-corrected chi connectivity index (χ3v) is 8.41. The summed E-state index contributed by atoms with van der Waals surface area (Å²) in [6.45, 7) is 3.33. The van der Waals surface area contributed by atoms with Crippen LogP contribution in [0.15, 0.2) is 48.8 Å². The third-order valence-electron chi connectivity index (χ3n) is 6.48. The molecule has 41 heavy (non-hydrogen) atoms. The van der Waals surface area contributed by atoms with Gasteiger partial charge < -0.3 is 14.2 Å². The van der Waals surface area contributed by atoms with E-state index in [9.17, 15) is 8.42 Å². The maximum atomic E-state index is 13.8. The number of hydrogen-bond donors (Lipinski definition) is 2. The van der Waals surface area contributed by atoms with E-state index in [0.29, 0.717) is 38.8 Å². The summed E-state index contributed by atoms with van der Waals surface area (Å²) in [6.07, 6.45) is 2.22. The van der Waals surface area contributed by atoms with Crippen LogP contribution in [0.1, 0.15) is 24.4 Å². The van der Waals surface area contributed by atoms with Crippen LogP contribution in [0, 0.1) is 6.92 Å². The predicted octanol–water partition coefficient (Wildman–Crippen LogP) is 4.10. The van der Waals surface area contributed by atoms with Gasteiger partial charge >= 0.3 is 0 Å². The van der Waals surface area contributed by atoms with E-state index >= 15 is 0 Å². The number of halogens is 1. The van der Waals surface area contributed by atoms with Crippen LogP contribution in [-0.2, 0) is 14.8 Å². The van der Waals surface area contributed by atoms with Crippen LogP contribution >= 0.6 is 11.6 Å². The number of fused-ring (bicyclic) bond motifs is 1. The maximum absolute atomic E-state index is 13.8. The average molecular weight is 599 g/mol. The van der Waals surface area contributed by atoms with E-state index in [1.54, 1.807) is 48.8 Å². The first-order valence-electron chi connectivity index (χ1n) is 12.3. The topological polar surface area (TPSA) is 159 Å². The lowest BCUT2D eigenvalue weighted by molar-refractivity contribution is 0.0949. The zero-order valence-electron chi connectivity index (χ0n) is 22.8. The van der Waals surface area contributed by atoms with Crippen molar-refractivity contribution in [2.75, 3.05) is 26.1 Å². The van der Waals surface area contributed by atoms with Gasteiger partial charge in [-0.2, -0.15) is 5.10 Å². The molecule has 0 unspecified atom stereocenters. The molecule has 0 radical (unpaired) electrons. The summed E-state index contributed by atoms with van der Waals surface area (Å²) in [5.41, 5.74) is 2.26. The molecule has 13 nitrogen and oxygen atoms in total. The van der Waals surface area contributed by atoms with Crippen LogP contribution in [0.25, 0.3) is 28.1 Å². The second kappa shape index (κ2) is 11.3. The fourth-order valence-corrected chi connectivity index (χ4v) is 5.67. The summed E-state index contributed by atoms with van der Waals surface area (Å²) >= 11 is 6.28. The molecular formula is C26H27ClN8O5S. The molecule has 0 amide bonds. The number of benzene rings is 2. The Morgan fingerprint density at radius 2 is 1.71 bits per heavy atom. The second-order valence-corrected chi connectivity index (χ2v) is 11.6. The summed E-state index contributed by atoms with van der Waals surface area (Å²) in [7, 11) is 0.208. The standard InChI is InChI=1S/C26H27ClN8O5S/c1-14-12-28-24(29-13-14)23(40-5)15(2)41(36,37)34-26-33-32-25(21-17-11-16(27)9-10-18(17)30-31-21)35(26)22-19(38-3)7-6-8-20(22)39-4/h6-13,15,23H,1-5H3,(H,30,31)(H,33,34)/t15-,23-/m0/s1. The zero-order chi connectivity index (χ0) is 29.3. The van der Waals surface area contributed by atoms with Gasteiger partial charge in [-0.05, 0) is 49.7 Å². The molecule has 15 heteroatoms. The lowest BCUT2D eigenvalue weighted by Gasteiger charge is -2.22. The molecule has 3 aromatic heterocycles. The molecule has 0 spiro atoms. The van der Waals surface area contributed by atoms with Crippen molar-refractivity contribution >= 4 is 38.5 Å². The van der Waals surface area contributed by atoms with E-state index in [4.69, 9.17) is 25.8 Å². The van der Waals surface area contributed by atoms with Crippen LogP contribution < -0.4 is 14.2 Å². The van der Waals surface area contributed by atoms with Crippen molar-refractivity contribution in [3.63, 3.8) is 0 Å². The van der Waals surface area contributed by atoms with Gasteiger partial charge in [0.25, 0.3) is 0 Å². The van der Waals surface area contributed by atoms with Crippen LogP contribution in [0.3, 0.4) is 0 Å². The van der Waals surface area contributed by atoms with Gasteiger partial charge in [-0.25, -0.2) is 18.4 Å². The van der Waals surface area contributed by atoms with Crippen molar-refractivity contribution in [2.45, 2.75) is 25.2 Å². The SMILES string of the molecule is COc1cccc(OC)c1-n1c(NS(=O)(=O)[C@@H](C)[C@H](OC)c2ncc(C)cn2)nnc1-c1n[nH]c2ccc(Cl)cc12. The second-order valence-electron chi connectivity index (χ2n) is 9.08. The number of aryl methyl sites for hydroxylation is 1. The number of methoxy groups -OCH3 is 3. The summed E-state index contributed by atoms with van der Waals surface area (Å²) in [5.74, 6) is 1.05. The molecule has 0 aliphatic heterocycles. The minimum atomic E-state index is -4.17. The molecule has 2 N–H and O–H groups in total. The van der Waals surface area contributed by atoms with Crippen molar-refractivity contribution in [1.82, 2.24) is 34.9 Å². The number of rotatable bonds is 10. The molecule has 2 aromatic carbocycles. The summed E-state index contributed by atoms with van der Waals surface area (Å²) < 4.78 is 48.3. The first kappa shape index (κ1) is 28.3. The largest absolute Gasteiger partial charge is 0.494 e. The van der Waals surface area contributed by atoms with Gasteiger partial charge in [-0.15, -0.1) is 10.2 Å². The minimum absolute atomic E-state index is 0.132. The van der Waals surface area contributed by atoms with E-state index in [-0.39, 0.29) is 17.6 Å². The number of nitrogens with zero attached hydrogens (tertiary/aromatic N) is 6. The molecule has 3 heterocycles. The number of H-pyrrole nitrogens is 1. The number of aromatic nitrogens is 7. The molecule has 5 aromatic rings. The van der Waals surface area contributed by atoms with Gasteiger partial charge in [0.15, 0.2) is 11.6 Å². The molecule has 0 saturated heterocycles. The van der Waals surface area contributed by atoms with Gasteiger partial charge in [0.05, 0.1) is 19.7 Å². The summed E-state index contributed by atoms with van der Waals surface area (Å²) in [6, 6.07) is 10.4. The molecule has 0 fully saturated rings. The number of sulfonamides is 1. The van der Waals surface area contributed by atoms with Gasteiger partial charge in [0.2, 0.25) is 16.0 Å². The zero-order valence-corrected chi connectivity index (χ0v) is 24.4.